The van der Waals surface area contributed by atoms with E-state index in [0.717, 1.165) is 25.7 Å². The monoisotopic (exact) mass is 257 g/mol. The lowest BCUT2D eigenvalue weighted by Crippen LogP contribution is -2.34. The molecule has 19 heavy (non-hydrogen) atoms. The van der Waals surface area contributed by atoms with Crippen LogP contribution in [0.15, 0.2) is 29.1 Å². The van der Waals surface area contributed by atoms with Crippen LogP contribution < -0.4 is 10.9 Å². The van der Waals surface area contributed by atoms with Gasteiger partial charge in [-0.25, -0.2) is 5.10 Å². The Bertz CT molecular complexity index is 672. The number of fused-ring (bicyclic) bond motifs is 1. The summed E-state index contributed by atoms with van der Waals surface area (Å²) in [5.41, 5.74) is 0.0233. The number of aromatic amines is 1. The second kappa shape index (κ2) is 4.84. The molecule has 0 radical (unpaired) electrons. The number of amides is 1. The third-order valence-corrected chi connectivity index (χ3v) is 3.60. The van der Waals surface area contributed by atoms with Crippen molar-refractivity contribution in [3.63, 3.8) is 0 Å². The number of hydrogen-bond acceptors (Lipinski definition) is 3. The molecule has 1 aromatic heterocycles. The lowest BCUT2D eigenvalue weighted by molar-refractivity contribution is 0.0933. The van der Waals surface area contributed by atoms with E-state index in [1.165, 1.54) is 0 Å². The molecule has 1 fully saturated rings. The van der Waals surface area contributed by atoms with Gasteiger partial charge in [0.2, 0.25) is 0 Å². The van der Waals surface area contributed by atoms with Crippen molar-refractivity contribution in [1.29, 1.82) is 0 Å². The number of aromatic nitrogens is 2. The third kappa shape index (κ3) is 2.23. The molecule has 2 aromatic rings. The first-order chi connectivity index (χ1) is 9.25. The summed E-state index contributed by atoms with van der Waals surface area (Å²) in [4.78, 5) is 23.9. The van der Waals surface area contributed by atoms with Crippen molar-refractivity contribution in [2.24, 2.45) is 0 Å². The lowest BCUT2D eigenvalue weighted by atomic mass is 10.1. The molecule has 0 atom stereocenters. The molecular weight excluding hydrogens is 242 g/mol. The molecule has 98 valence electrons. The van der Waals surface area contributed by atoms with E-state index in [1.807, 2.05) is 0 Å². The summed E-state index contributed by atoms with van der Waals surface area (Å²) in [6, 6.07) is 7.26. The quantitative estimate of drug-likeness (QED) is 0.858. The molecule has 0 aliphatic heterocycles. The molecule has 1 amide bonds. The van der Waals surface area contributed by atoms with Crippen molar-refractivity contribution in [2.45, 2.75) is 31.7 Å². The predicted octanol–water partition coefficient (Wildman–Crippen LogP) is 1.60. The van der Waals surface area contributed by atoms with Crippen LogP contribution in [0.1, 0.15) is 36.2 Å². The van der Waals surface area contributed by atoms with Gasteiger partial charge in [-0.3, -0.25) is 9.59 Å². The van der Waals surface area contributed by atoms with Crippen LogP contribution in [0.25, 0.3) is 10.8 Å². The highest BCUT2D eigenvalue weighted by molar-refractivity contribution is 6.04. The van der Waals surface area contributed by atoms with E-state index in [1.54, 1.807) is 24.3 Å². The number of nitrogens with one attached hydrogen (secondary N) is 2. The molecule has 1 aromatic carbocycles. The van der Waals surface area contributed by atoms with E-state index in [4.69, 9.17) is 0 Å². The molecule has 5 nitrogen and oxygen atoms in total. The van der Waals surface area contributed by atoms with Gasteiger partial charge in [-0.1, -0.05) is 31.0 Å². The average Bonchev–Trinajstić information content (AvgIpc) is 2.92. The molecule has 1 saturated carbocycles. The summed E-state index contributed by atoms with van der Waals surface area (Å²) >= 11 is 0. The Balaban J connectivity index is 1.98. The Hall–Kier alpha value is -2.17. The van der Waals surface area contributed by atoms with Crippen LogP contribution in [0, 0.1) is 0 Å². The van der Waals surface area contributed by atoms with Crippen molar-refractivity contribution in [3.05, 3.63) is 40.3 Å². The first-order valence-corrected chi connectivity index (χ1v) is 6.54. The fourth-order valence-corrected chi connectivity index (χ4v) is 2.61. The van der Waals surface area contributed by atoms with Gasteiger partial charge in [0, 0.05) is 11.4 Å². The minimum atomic E-state index is -0.270. The van der Waals surface area contributed by atoms with Crippen LogP contribution in [-0.4, -0.2) is 22.1 Å². The maximum absolute atomic E-state index is 12.2. The van der Waals surface area contributed by atoms with Gasteiger partial charge < -0.3 is 5.32 Å². The number of benzene rings is 1. The van der Waals surface area contributed by atoms with Gasteiger partial charge in [0.05, 0.1) is 5.39 Å². The molecule has 3 rings (SSSR count). The molecule has 1 aliphatic rings. The van der Waals surface area contributed by atoms with Crippen LogP contribution in [-0.2, 0) is 0 Å². The molecular formula is C14H15N3O2. The highest BCUT2D eigenvalue weighted by Crippen LogP contribution is 2.19. The topological polar surface area (TPSA) is 74.8 Å². The fourth-order valence-electron chi connectivity index (χ4n) is 2.61. The third-order valence-electron chi connectivity index (χ3n) is 3.60. The molecule has 0 saturated heterocycles. The number of nitrogens with zero attached hydrogens (tertiary/aromatic N) is 1. The largest absolute Gasteiger partial charge is 0.348 e. The molecule has 1 heterocycles. The summed E-state index contributed by atoms with van der Waals surface area (Å²) in [5.74, 6) is -0.209. The predicted molar refractivity (Wildman–Crippen MR) is 72.1 cm³/mol. The zero-order valence-corrected chi connectivity index (χ0v) is 10.5. The highest BCUT2D eigenvalue weighted by atomic mass is 16.2. The summed E-state index contributed by atoms with van der Waals surface area (Å²) in [7, 11) is 0. The summed E-state index contributed by atoms with van der Waals surface area (Å²) in [5, 5.41) is 10.4. The van der Waals surface area contributed by atoms with Crippen molar-refractivity contribution in [3.8, 4) is 0 Å². The number of carbonyl (C=O) groups is 1. The van der Waals surface area contributed by atoms with Crippen LogP contribution in [0.3, 0.4) is 0 Å². The molecule has 0 bridgehead atoms. The van der Waals surface area contributed by atoms with Crippen LogP contribution in [0.2, 0.25) is 0 Å². The Morgan fingerprint density at radius 1 is 1.21 bits per heavy atom. The van der Waals surface area contributed by atoms with E-state index in [0.29, 0.717) is 16.5 Å². The standard InChI is InChI=1S/C14H15N3O2/c18-13-11-8-4-3-7-10(11)12(16-17-13)14(19)15-9-5-1-2-6-9/h3-4,7-9H,1-2,5-6H2,(H,15,19)(H,17,18). The van der Waals surface area contributed by atoms with Gasteiger partial charge in [0.25, 0.3) is 11.5 Å². The maximum Gasteiger partial charge on any atom is 0.272 e. The van der Waals surface area contributed by atoms with E-state index < -0.39 is 0 Å². The molecule has 0 unspecified atom stereocenters. The normalized spacial score (nSPS) is 15.8. The van der Waals surface area contributed by atoms with Gasteiger partial charge in [0.15, 0.2) is 5.69 Å². The van der Waals surface area contributed by atoms with E-state index >= 15 is 0 Å². The van der Waals surface area contributed by atoms with Crippen LogP contribution in [0.5, 0.6) is 0 Å². The van der Waals surface area contributed by atoms with Gasteiger partial charge in [0.1, 0.15) is 0 Å². The average molecular weight is 257 g/mol. The van der Waals surface area contributed by atoms with Crippen LogP contribution in [0.4, 0.5) is 0 Å². The fraction of sp³-hybridized carbons (Fsp3) is 0.357. The zero-order chi connectivity index (χ0) is 13.2. The first kappa shape index (κ1) is 11.9. The van der Waals surface area contributed by atoms with E-state index in [9.17, 15) is 9.59 Å². The van der Waals surface area contributed by atoms with Crippen molar-refractivity contribution in [2.75, 3.05) is 0 Å². The smallest absolute Gasteiger partial charge is 0.272 e. The van der Waals surface area contributed by atoms with Gasteiger partial charge >= 0.3 is 0 Å². The zero-order valence-electron chi connectivity index (χ0n) is 10.5. The number of hydrogen-bond donors (Lipinski definition) is 2. The van der Waals surface area contributed by atoms with Gasteiger partial charge in [-0.2, -0.15) is 5.10 Å². The van der Waals surface area contributed by atoms with E-state index in [-0.39, 0.29) is 17.5 Å². The van der Waals surface area contributed by atoms with Gasteiger partial charge in [-0.05, 0) is 18.9 Å². The maximum atomic E-state index is 12.2. The molecule has 2 N–H and O–H groups in total. The Morgan fingerprint density at radius 2 is 1.89 bits per heavy atom. The number of carbonyl (C=O) groups excluding carboxylic acids is 1. The number of rotatable bonds is 2. The van der Waals surface area contributed by atoms with Crippen molar-refractivity contribution >= 4 is 16.7 Å². The Kier molecular flexibility index (Phi) is 3.03. The Morgan fingerprint density at radius 3 is 2.63 bits per heavy atom. The molecule has 0 spiro atoms. The number of H-pyrrole nitrogens is 1. The summed E-state index contributed by atoms with van der Waals surface area (Å²) < 4.78 is 0. The van der Waals surface area contributed by atoms with E-state index in [2.05, 4.69) is 15.5 Å². The minimum absolute atomic E-state index is 0.209. The molecule has 5 heteroatoms. The highest BCUT2D eigenvalue weighted by Gasteiger charge is 2.20. The summed E-state index contributed by atoms with van der Waals surface area (Å²) in [6.45, 7) is 0. The van der Waals surface area contributed by atoms with Crippen molar-refractivity contribution < 1.29 is 4.79 Å². The second-order valence-corrected chi connectivity index (χ2v) is 4.90. The van der Waals surface area contributed by atoms with Crippen molar-refractivity contribution in [1.82, 2.24) is 15.5 Å². The molecule has 1 aliphatic carbocycles. The Labute approximate surface area is 110 Å². The lowest BCUT2D eigenvalue weighted by Gasteiger charge is -2.12. The van der Waals surface area contributed by atoms with Crippen LogP contribution >= 0.6 is 0 Å². The minimum Gasteiger partial charge on any atom is -0.348 e. The van der Waals surface area contributed by atoms with Gasteiger partial charge in [-0.15, -0.1) is 0 Å². The SMILES string of the molecule is O=C(NC1CCCC1)c1n[nH]c(=O)c2ccccc12. The first-order valence-electron chi connectivity index (χ1n) is 6.54. The second-order valence-electron chi connectivity index (χ2n) is 4.90. The summed E-state index contributed by atoms with van der Waals surface area (Å²) in [6.07, 6.45) is 4.36.